The molecule has 0 aliphatic carbocycles. The van der Waals surface area contributed by atoms with Crippen molar-refractivity contribution in [3.05, 3.63) is 0 Å². The highest BCUT2D eigenvalue weighted by Crippen LogP contribution is 2.04. The van der Waals surface area contributed by atoms with Gasteiger partial charge in [-0.3, -0.25) is 24.0 Å². The molecule has 0 aliphatic rings. The third kappa shape index (κ3) is 9.04. The molecule has 0 spiro atoms. The van der Waals surface area contributed by atoms with Gasteiger partial charge in [0.1, 0.15) is 18.1 Å². The maximum Gasteiger partial charge on any atom is 0.325 e. The number of carbonyl (C=O) groups excluding carboxylic acids is 3. The van der Waals surface area contributed by atoms with E-state index in [1.807, 2.05) is 0 Å². The average molecular weight is 420 g/mol. The Morgan fingerprint density at radius 2 is 1.39 bits per heavy atom. The molecule has 0 aromatic carbocycles. The first-order valence-corrected chi connectivity index (χ1v) is 9.26. The van der Waals surface area contributed by atoms with E-state index in [4.69, 9.17) is 15.9 Å². The summed E-state index contributed by atoms with van der Waals surface area (Å²) in [5.74, 6) is -4.99. The molecule has 28 heavy (non-hydrogen) atoms. The number of hydrogen-bond acceptors (Lipinski definition) is 7. The van der Waals surface area contributed by atoms with Gasteiger partial charge in [-0.05, 0) is 19.3 Å². The minimum absolute atomic E-state index is 0.144. The number of carbonyl (C=O) groups is 5. The summed E-state index contributed by atoms with van der Waals surface area (Å²) in [5, 5.41) is 24.6. The molecule has 7 N–H and O–H groups in total. The molecule has 3 amide bonds. The molecule has 4 atom stereocenters. The fraction of sp³-hybridized carbons (Fsp3) is 0.688. The van der Waals surface area contributed by atoms with Gasteiger partial charge >= 0.3 is 11.9 Å². The topological polar surface area (TPSA) is 188 Å². The van der Waals surface area contributed by atoms with Gasteiger partial charge in [0.05, 0.1) is 6.04 Å². The average Bonchev–Trinajstić information content (AvgIpc) is 2.61. The molecule has 0 radical (unpaired) electrons. The zero-order valence-electron chi connectivity index (χ0n) is 16.0. The number of rotatable bonds is 12. The molecule has 11 nitrogen and oxygen atoms in total. The first-order valence-electron chi connectivity index (χ1n) is 8.62. The van der Waals surface area contributed by atoms with E-state index in [2.05, 4.69) is 28.6 Å². The van der Waals surface area contributed by atoms with E-state index in [1.165, 1.54) is 6.92 Å². The van der Waals surface area contributed by atoms with Crippen LogP contribution in [0.4, 0.5) is 0 Å². The van der Waals surface area contributed by atoms with Crippen LogP contribution < -0.4 is 21.7 Å². The van der Waals surface area contributed by atoms with E-state index >= 15 is 0 Å². The van der Waals surface area contributed by atoms with Crippen LogP contribution in [0.5, 0.6) is 0 Å². The molecule has 0 aromatic rings. The lowest BCUT2D eigenvalue weighted by Gasteiger charge is -2.24. The fourth-order valence-corrected chi connectivity index (χ4v) is 2.21. The molecular formula is C16H28N4O7S. The molecule has 0 bridgehead atoms. The van der Waals surface area contributed by atoms with Crippen LogP contribution in [0.1, 0.15) is 33.6 Å². The summed E-state index contributed by atoms with van der Waals surface area (Å²) in [4.78, 5) is 58.4. The second-order valence-electron chi connectivity index (χ2n) is 6.58. The third-order valence-corrected chi connectivity index (χ3v) is 4.21. The van der Waals surface area contributed by atoms with Gasteiger partial charge in [0.15, 0.2) is 0 Å². The molecule has 160 valence electrons. The third-order valence-electron chi connectivity index (χ3n) is 3.85. The second-order valence-corrected chi connectivity index (χ2v) is 6.94. The summed E-state index contributed by atoms with van der Waals surface area (Å²) in [5.41, 5.74) is 5.73. The van der Waals surface area contributed by atoms with Crippen molar-refractivity contribution in [2.75, 3.05) is 5.75 Å². The first kappa shape index (κ1) is 25.7. The number of thiol groups is 1. The molecular weight excluding hydrogens is 392 g/mol. The Labute approximate surface area is 168 Å². The fourth-order valence-electron chi connectivity index (χ4n) is 1.95. The van der Waals surface area contributed by atoms with Crippen molar-refractivity contribution in [1.82, 2.24) is 16.0 Å². The molecule has 0 aliphatic heterocycles. The highest BCUT2D eigenvalue weighted by Gasteiger charge is 2.29. The lowest BCUT2D eigenvalue weighted by molar-refractivity contribution is -0.141. The number of carboxylic acid groups (broad SMARTS) is 2. The highest BCUT2D eigenvalue weighted by molar-refractivity contribution is 7.80. The van der Waals surface area contributed by atoms with Gasteiger partial charge in [-0.15, -0.1) is 0 Å². The van der Waals surface area contributed by atoms with E-state index in [9.17, 15) is 24.0 Å². The lowest BCUT2D eigenvalue weighted by Crippen LogP contribution is -2.57. The Morgan fingerprint density at radius 3 is 1.82 bits per heavy atom. The van der Waals surface area contributed by atoms with Crippen molar-refractivity contribution in [1.29, 1.82) is 0 Å². The minimum atomic E-state index is -1.26. The Morgan fingerprint density at radius 1 is 0.893 bits per heavy atom. The number of aliphatic carboxylic acids is 2. The number of amides is 3. The van der Waals surface area contributed by atoms with Crippen molar-refractivity contribution in [3.63, 3.8) is 0 Å². The zero-order chi connectivity index (χ0) is 22.0. The van der Waals surface area contributed by atoms with Gasteiger partial charge in [-0.1, -0.05) is 13.8 Å². The molecule has 4 unspecified atom stereocenters. The van der Waals surface area contributed by atoms with E-state index in [0.717, 1.165) is 0 Å². The summed E-state index contributed by atoms with van der Waals surface area (Å²) in [6.45, 7) is 4.67. The van der Waals surface area contributed by atoms with E-state index in [-0.39, 0.29) is 18.1 Å². The van der Waals surface area contributed by atoms with Crippen LogP contribution in [-0.2, 0) is 24.0 Å². The Balaban J connectivity index is 5.17. The molecule has 0 rings (SSSR count). The lowest BCUT2D eigenvalue weighted by atomic mass is 10.0. The van der Waals surface area contributed by atoms with Crippen LogP contribution in [0.3, 0.4) is 0 Å². The van der Waals surface area contributed by atoms with Crippen LogP contribution in [-0.4, -0.2) is 69.8 Å². The predicted molar refractivity (Wildman–Crippen MR) is 103 cm³/mol. The molecule has 0 aromatic heterocycles. The van der Waals surface area contributed by atoms with Gasteiger partial charge in [-0.25, -0.2) is 0 Å². The van der Waals surface area contributed by atoms with Crippen LogP contribution >= 0.6 is 12.6 Å². The smallest absolute Gasteiger partial charge is 0.325 e. The number of nitrogens with one attached hydrogen (secondary N) is 3. The van der Waals surface area contributed by atoms with Gasteiger partial charge in [0.25, 0.3) is 0 Å². The van der Waals surface area contributed by atoms with Crippen molar-refractivity contribution in [2.24, 2.45) is 11.7 Å². The van der Waals surface area contributed by atoms with Crippen molar-refractivity contribution >= 4 is 42.3 Å². The molecule has 12 heteroatoms. The molecule has 0 saturated carbocycles. The summed E-state index contributed by atoms with van der Waals surface area (Å²) in [6.07, 6.45) is -0.618. The predicted octanol–water partition coefficient (Wildman–Crippen LogP) is -1.68. The Hall–Kier alpha value is -2.34. The Kier molecular flexibility index (Phi) is 11.2. The maximum absolute atomic E-state index is 12.5. The van der Waals surface area contributed by atoms with Crippen molar-refractivity contribution in [3.8, 4) is 0 Å². The largest absolute Gasteiger partial charge is 0.481 e. The van der Waals surface area contributed by atoms with Crippen molar-refractivity contribution in [2.45, 2.75) is 57.8 Å². The van der Waals surface area contributed by atoms with Crippen LogP contribution in [0.2, 0.25) is 0 Å². The maximum atomic E-state index is 12.5. The van der Waals surface area contributed by atoms with Crippen LogP contribution in [0.25, 0.3) is 0 Å². The standard InChI is InChI=1S/C16H28N4O7S/c1-7(2)12(17)15(25)19-9(4-5-11(21)22)13(23)20-10(6-28)14(24)18-8(3)16(26)27/h7-10,12,28H,4-6,17H2,1-3H3,(H,18,24)(H,19,25)(H,20,23)(H,21,22)(H,26,27). The monoisotopic (exact) mass is 420 g/mol. The van der Waals surface area contributed by atoms with Gasteiger partial charge in [-0.2, -0.15) is 12.6 Å². The first-order chi connectivity index (χ1) is 12.9. The van der Waals surface area contributed by atoms with Gasteiger partial charge < -0.3 is 31.9 Å². The van der Waals surface area contributed by atoms with E-state index in [0.29, 0.717) is 0 Å². The van der Waals surface area contributed by atoms with E-state index < -0.39 is 60.2 Å². The molecule has 0 fully saturated rings. The SMILES string of the molecule is CC(NC(=O)C(CS)NC(=O)C(CCC(=O)O)NC(=O)C(N)C(C)C)C(=O)O. The van der Waals surface area contributed by atoms with Crippen LogP contribution in [0, 0.1) is 5.92 Å². The minimum Gasteiger partial charge on any atom is -0.481 e. The highest BCUT2D eigenvalue weighted by atomic mass is 32.1. The molecule has 0 saturated heterocycles. The quantitative estimate of drug-likeness (QED) is 0.182. The Bertz CT molecular complexity index is 600. The number of carboxylic acids is 2. The normalized spacial score (nSPS) is 15.1. The summed E-state index contributed by atoms with van der Waals surface area (Å²) in [7, 11) is 0. The number of hydrogen-bond donors (Lipinski definition) is 7. The summed E-state index contributed by atoms with van der Waals surface area (Å²) < 4.78 is 0. The van der Waals surface area contributed by atoms with Gasteiger partial charge in [0.2, 0.25) is 17.7 Å². The zero-order valence-corrected chi connectivity index (χ0v) is 16.9. The van der Waals surface area contributed by atoms with Crippen LogP contribution in [0.15, 0.2) is 0 Å². The molecule has 0 heterocycles. The van der Waals surface area contributed by atoms with Gasteiger partial charge in [0, 0.05) is 12.2 Å². The van der Waals surface area contributed by atoms with E-state index in [1.54, 1.807) is 13.8 Å². The summed E-state index contributed by atoms with van der Waals surface area (Å²) in [6, 6.07) is -4.50. The number of nitrogens with two attached hydrogens (primary N) is 1. The second kappa shape index (κ2) is 12.2. The summed E-state index contributed by atoms with van der Waals surface area (Å²) >= 11 is 3.96. The van der Waals surface area contributed by atoms with Crippen molar-refractivity contribution < 1.29 is 34.2 Å².